The summed E-state index contributed by atoms with van der Waals surface area (Å²) in [5, 5.41) is 17.1. The maximum Gasteiger partial charge on any atom is 0.218 e. The smallest absolute Gasteiger partial charge is 0.218 e. The van der Waals surface area contributed by atoms with Gasteiger partial charge in [-0.25, -0.2) is 4.98 Å². The van der Waals surface area contributed by atoms with Gasteiger partial charge in [-0.3, -0.25) is 4.79 Å². The van der Waals surface area contributed by atoms with Gasteiger partial charge in [0, 0.05) is 44.3 Å². The van der Waals surface area contributed by atoms with Crippen LogP contribution in [0.2, 0.25) is 0 Å². The van der Waals surface area contributed by atoms with Gasteiger partial charge in [0.05, 0.1) is 18.8 Å². The second-order valence-corrected chi connectivity index (χ2v) is 10.3. The van der Waals surface area contributed by atoms with Crippen molar-refractivity contribution >= 4 is 5.91 Å². The van der Waals surface area contributed by atoms with Crippen LogP contribution in [0.5, 0.6) is 5.88 Å². The molecule has 31 heavy (non-hydrogen) atoms. The van der Waals surface area contributed by atoms with Crippen LogP contribution in [0.1, 0.15) is 77.5 Å². The molecule has 0 aromatic carbocycles. The van der Waals surface area contributed by atoms with E-state index in [4.69, 9.17) is 9.47 Å². The van der Waals surface area contributed by atoms with Crippen LogP contribution >= 0.6 is 0 Å². The fourth-order valence-electron chi connectivity index (χ4n) is 4.51. The third-order valence-corrected chi connectivity index (χ3v) is 6.13. The number of nitrogens with zero attached hydrogens (tertiary/aromatic N) is 1. The SMILES string of the molecule is CCOC[C@H](NC(C)=O)[C@@H](O)CN[C@H]1CC2(CCC2)Oc2ncc(CC(C)(C)C)cc21. The average Bonchev–Trinajstić information content (AvgIpc) is 2.66. The van der Waals surface area contributed by atoms with E-state index in [1.807, 2.05) is 13.1 Å². The maximum absolute atomic E-state index is 11.6. The van der Waals surface area contributed by atoms with Crippen molar-refractivity contribution in [3.05, 3.63) is 23.4 Å². The zero-order valence-electron chi connectivity index (χ0n) is 19.7. The summed E-state index contributed by atoms with van der Waals surface area (Å²) >= 11 is 0. The Kier molecular flexibility index (Phi) is 7.60. The number of carbonyl (C=O) groups is 1. The third-order valence-electron chi connectivity index (χ3n) is 6.13. The minimum atomic E-state index is -0.759. The zero-order valence-corrected chi connectivity index (χ0v) is 19.7. The van der Waals surface area contributed by atoms with Crippen molar-refractivity contribution in [3.63, 3.8) is 0 Å². The largest absolute Gasteiger partial charge is 0.471 e. The Morgan fingerprint density at radius 3 is 2.74 bits per heavy atom. The standard InChI is InChI=1S/C24H39N3O4/c1-6-30-15-20(27-16(2)28)21(29)14-25-19-12-24(8-7-9-24)31-22-18(19)10-17(13-26-22)11-23(3,4)5/h10,13,19-21,25,29H,6-9,11-12,14-15H2,1-5H3,(H,27,28)/t19-,20-,21-/m0/s1. The summed E-state index contributed by atoms with van der Waals surface area (Å²) in [6.07, 6.45) is 6.23. The van der Waals surface area contributed by atoms with E-state index < -0.39 is 12.1 Å². The van der Waals surface area contributed by atoms with E-state index in [-0.39, 0.29) is 29.6 Å². The zero-order chi connectivity index (χ0) is 22.6. The molecule has 1 aromatic heterocycles. The lowest BCUT2D eigenvalue weighted by molar-refractivity contribution is -0.121. The van der Waals surface area contributed by atoms with Crippen molar-refractivity contribution in [3.8, 4) is 5.88 Å². The molecule has 0 radical (unpaired) electrons. The van der Waals surface area contributed by atoms with Gasteiger partial charge in [-0.05, 0) is 49.7 Å². The van der Waals surface area contributed by atoms with Crippen molar-refractivity contribution in [1.82, 2.24) is 15.6 Å². The first-order valence-corrected chi connectivity index (χ1v) is 11.5. The Labute approximate surface area is 186 Å². The molecule has 1 saturated carbocycles. The van der Waals surface area contributed by atoms with Crippen molar-refractivity contribution in [2.45, 2.75) is 90.5 Å². The van der Waals surface area contributed by atoms with Crippen LogP contribution in [-0.4, -0.2) is 53.5 Å². The lowest BCUT2D eigenvalue weighted by Gasteiger charge is -2.47. The molecule has 174 valence electrons. The quantitative estimate of drug-likeness (QED) is 0.555. The molecule has 7 heteroatoms. The third kappa shape index (κ3) is 6.40. The molecule has 0 bridgehead atoms. The summed E-state index contributed by atoms with van der Waals surface area (Å²) in [6, 6.07) is 1.80. The molecule has 7 nitrogen and oxygen atoms in total. The van der Waals surface area contributed by atoms with Crippen LogP contribution in [-0.2, 0) is 16.0 Å². The van der Waals surface area contributed by atoms with Crippen molar-refractivity contribution in [2.75, 3.05) is 19.8 Å². The van der Waals surface area contributed by atoms with E-state index in [0.717, 1.165) is 31.2 Å². The summed E-state index contributed by atoms with van der Waals surface area (Å²) in [4.78, 5) is 16.2. The second kappa shape index (κ2) is 9.84. The molecule has 1 fully saturated rings. The summed E-state index contributed by atoms with van der Waals surface area (Å²) in [6.45, 7) is 11.2. The number of aliphatic hydroxyl groups is 1. The van der Waals surface area contributed by atoms with E-state index in [0.29, 0.717) is 19.0 Å². The number of aromatic nitrogens is 1. The van der Waals surface area contributed by atoms with Gasteiger partial charge in [-0.1, -0.05) is 20.8 Å². The monoisotopic (exact) mass is 433 g/mol. The minimum absolute atomic E-state index is 0.0520. The Morgan fingerprint density at radius 1 is 1.42 bits per heavy atom. The van der Waals surface area contributed by atoms with Crippen LogP contribution in [0.15, 0.2) is 12.3 Å². The average molecular weight is 434 g/mol. The van der Waals surface area contributed by atoms with E-state index in [2.05, 4.69) is 42.5 Å². The number of hydrogen-bond acceptors (Lipinski definition) is 6. The lowest BCUT2D eigenvalue weighted by atomic mass is 9.73. The van der Waals surface area contributed by atoms with Gasteiger partial charge < -0.3 is 25.2 Å². The van der Waals surface area contributed by atoms with Crippen LogP contribution in [0.4, 0.5) is 0 Å². The molecule has 0 unspecified atom stereocenters. The first-order valence-electron chi connectivity index (χ1n) is 11.5. The number of fused-ring (bicyclic) bond motifs is 1. The fourth-order valence-corrected chi connectivity index (χ4v) is 4.51. The summed E-state index contributed by atoms with van der Waals surface area (Å²) in [5.74, 6) is 0.535. The lowest BCUT2D eigenvalue weighted by Crippen LogP contribution is -2.52. The molecule has 3 rings (SSSR count). The maximum atomic E-state index is 11.6. The van der Waals surface area contributed by atoms with Crippen LogP contribution in [0, 0.1) is 5.41 Å². The van der Waals surface area contributed by atoms with Crippen LogP contribution in [0.3, 0.4) is 0 Å². The number of amides is 1. The van der Waals surface area contributed by atoms with Crippen molar-refractivity contribution in [1.29, 1.82) is 0 Å². The first-order chi connectivity index (χ1) is 14.6. The molecule has 0 saturated heterocycles. The minimum Gasteiger partial charge on any atom is -0.471 e. The van der Waals surface area contributed by atoms with Crippen molar-refractivity contribution < 1.29 is 19.4 Å². The Morgan fingerprint density at radius 2 is 2.16 bits per heavy atom. The number of nitrogens with one attached hydrogen (secondary N) is 2. The summed E-state index contributed by atoms with van der Waals surface area (Å²) in [7, 11) is 0. The molecule has 1 aliphatic heterocycles. The summed E-state index contributed by atoms with van der Waals surface area (Å²) in [5.41, 5.74) is 2.29. The first kappa shape index (κ1) is 24.0. The molecule has 2 aliphatic rings. The molecule has 1 spiro atoms. The van der Waals surface area contributed by atoms with Gasteiger partial charge in [-0.2, -0.15) is 0 Å². The molecular formula is C24H39N3O4. The second-order valence-electron chi connectivity index (χ2n) is 10.3. The van der Waals surface area contributed by atoms with Crippen LogP contribution < -0.4 is 15.4 Å². The Balaban J connectivity index is 1.74. The predicted molar refractivity (Wildman–Crippen MR) is 120 cm³/mol. The van der Waals surface area contributed by atoms with Gasteiger partial charge in [0.1, 0.15) is 5.60 Å². The van der Waals surface area contributed by atoms with Crippen molar-refractivity contribution in [2.24, 2.45) is 5.41 Å². The molecular weight excluding hydrogens is 394 g/mol. The van der Waals surface area contributed by atoms with Gasteiger partial charge in [0.2, 0.25) is 11.8 Å². The number of ether oxygens (including phenoxy) is 2. The fraction of sp³-hybridized carbons (Fsp3) is 0.750. The molecule has 3 atom stereocenters. The highest BCUT2D eigenvalue weighted by molar-refractivity contribution is 5.73. The number of aliphatic hydroxyl groups excluding tert-OH is 1. The van der Waals surface area contributed by atoms with Gasteiger partial charge in [-0.15, -0.1) is 0 Å². The topological polar surface area (TPSA) is 92.7 Å². The molecule has 3 N–H and O–H groups in total. The predicted octanol–water partition coefficient (Wildman–Crippen LogP) is 2.91. The number of carbonyl (C=O) groups excluding carboxylic acids is 1. The molecule has 1 aliphatic carbocycles. The number of hydrogen-bond donors (Lipinski definition) is 3. The number of pyridine rings is 1. The van der Waals surface area contributed by atoms with E-state index in [1.165, 1.54) is 18.9 Å². The van der Waals surface area contributed by atoms with Crippen LogP contribution in [0.25, 0.3) is 0 Å². The van der Waals surface area contributed by atoms with E-state index in [9.17, 15) is 9.90 Å². The normalized spacial score (nSPS) is 21.5. The highest BCUT2D eigenvalue weighted by Crippen LogP contribution is 2.48. The Hall–Kier alpha value is -1.70. The van der Waals surface area contributed by atoms with Gasteiger partial charge >= 0.3 is 0 Å². The summed E-state index contributed by atoms with van der Waals surface area (Å²) < 4.78 is 11.8. The van der Waals surface area contributed by atoms with E-state index in [1.54, 1.807) is 0 Å². The van der Waals surface area contributed by atoms with Gasteiger partial charge in [0.15, 0.2) is 0 Å². The Bertz CT molecular complexity index is 758. The molecule has 1 aromatic rings. The molecule has 2 heterocycles. The van der Waals surface area contributed by atoms with E-state index >= 15 is 0 Å². The number of rotatable bonds is 9. The highest BCUT2D eigenvalue weighted by atomic mass is 16.5. The molecule has 1 amide bonds. The highest BCUT2D eigenvalue weighted by Gasteiger charge is 2.46. The van der Waals surface area contributed by atoms with Gasteiger partial charge in [0.25, 0.3) is 0 Å².